The maximum absolute atomic E-state index is 14.9. The van der Waals surface area contributed by atoms with Crippen molar-refractivity contribution in [2.75, 3.05) is 0 Å². The number of fused-ring (bicyclic) bond motifs is 2. The predicted octanol–water partition coefficient (Wildman–Crippen LogP) is 4.94. The van der Waals surface area contributed by atoms with Crippen LogP contribution >= 0.6 is 0 Å². The van der Waals surface area contributed by atoms with Crippen molar-refractivity contribution in [3.63, 3.8) is 0 Å². The van der Waals surface area contributed by atoms with Crippen LogP contribution in [0.5, 0.6) is 0 Å². The van der Waals surface area contributed by atoms with Gasteiger partial charge in [0, 0.05) is 11.8 Å². The number of hydrogen-bond acceptors (Lipinski definition) is 3. The van der Waals surface area contributed by atoms with Crippen LogP contribution in [0.2, 0.25) is 0 Å². The Morgan fingerprint density at radius 1 is 0.800 bits per heavy atom. The average molecular weight is 399 g/mol. The normalized spacial score (nSPS) is 11.3. The van der Waals surface area contributed by atoms with Crippen LogP contribution in [-0.2, 0) is 6.54 Å². The lowest BCUT2D eigenvalue weighted by Gasteiger charge is -2.11. The Morgan fingerprint density at radius 3 is 2.37 bits per heavy atom. The molecule has 5 aromatic rings. The summed E-state index contributed by atoms with van der Waals surface area (Å²) >= 11 is 0. The lowest BCUT2D eigenvalue weighted by atomic mass is 9.99. The van der Waals surface area contributed by atoms with Crippen molar-refractivity contribution in [1.82, 2.24) is 14.5 Å². The second-order valence-corrected chi connectivity index (χ2v) is 7.03. The highest BCUT2D eigenvalue weighted by Crippen LogP contribution is 2.28. The molecule has 3 aromatic carbocycles. The monoisotopic (exact) mass is 399 g/mol. The van der Waals surface area contributed by atoms with Crippen molar-refractivity contribution < 1.29 is 8.78 Å². The molecule has 0 amide bonds. The van der Waals surface area contributed by atoms with E-state index < -0.39 is 17.2 Å². The van der Waals surface area contributed by atoms with Crippen LogP contribution in [0, 0.1) is 11.6 Å². The summed E-state index contributed by atoms with van der Waals surface area (Å²) in [5.41, 5.74) is 0.866. The summed E-state index contributed by atoms with van der Waals surface area (Å²) in [7, 11) is 0. The number of halogens is 2. The first-order valence-corrected chi connectivity index (χ1v) is 9.37. The van der Waals surface area contributed by atoms with Gasteiger partial charge in [0.05, 0.1) is 11.9 Å². The highest BCUT2D eigenvalue weighted by atomic mass is 19.1. The van der Waals surface area contributed by atoms with E-state index in [0.29, 0.717) is 22.2 Å². The maximum atomic E-state index is 14.9. The molecule has 0 aliphatic carbocycles. The number of benzene rings is 3. The third-order valence-corrected chi connectivity index (χ3v) is 5.15. The fourth-order valence-corrected chi connectivity index (χ4v) is 3.57. The van der Waals surface area contributed by atoms with E-state index in [-0.39, 0.29) is 12.1 Å². The molecule has 4 nitrogen and oxygen atoms in total. The van der Waals surface area contributed by atoms with Crippen LogP contribution in [-0.4, -0.2) is 14.5 Å². The van der Waals surface area contributed by atoms with E-state index in [9.17, 15) is 13.6 Å². The zero-order valence-electron chi connectivity index (χ0n) is 15.7. The van der Waals surface area contributed by atoms with Crippen molar-refractivity contribution >= 4 is 21.8 Å². The average Bonchev–Trinajstić information content (AvgIpc) is 2.77. The fourth-order valence-electron chi connectivity index (χ4n) is 3.57. The molecule has 0 aliphatic heterocycles. The van der Waals surface area contributed by atoms with Gasteiger partial charge in [-0.05, 0) is 52.2 Å². The summed E-state index contributed by atoms with van der Waals surface area (Å²) in [6, 6.07) is 19.2. The molecule has 0 saturated heterocycles. The van der Waals surface area contributed by atoms with Gasteiger partial charge < -0.3 is 0 Å². The highest BCUT2D eigenvalue weighted by Gasteiger charge is 2.15. The largest absolute Gasteiger partial charge is 0.294 e. The minimum absolute atomic E-state index is 0.188. The van der Waals surface area contributed by atoms with Crippen molar-refractivity contribution in [1.29, 1.82) is 0 Å². The van der Waals surface area contributed by atoms with Crippen molar-refractivity contribution in [2.24, 2.45) is 0 Å². The molecule has 0 spiro atoms. The van der Waals surface area contributed by atoms with Gasteiger partial charge in [-0.25, -0.2) is 18.7 Å². The molecule has 2 heterocycles. The van der Waals surface area contributed by atoms with Crippen LogP contribution in [0.4, 0.5) is 8.78 Å². The molecule has 0 unspecified atom stereocenters. The smallest absolute Gasteiger partial charge is 0.263 e. The zero-order chi connectivity index (χ0) is 20.7. The summed E-state index contributed by atoms with van der Waals surface area (Å²) in [6.45, 7) is -0.258. The number of aromatic nitrogens is 3. The third-order valence-electron chi connectivity index (χ3n) is 5.15. The van der Waals surface area contributed by atoms with Gasteiger partial charge in [-0.3, -0.25) is 9.36 Å². The van der Waals surface area contributed by atoms with Crippen molar-refractivity contribution in [2.45, 2.75) is 6.54 Å². The lowest BCUT2D eigenvalue weighted by Crippen LogP contribution is -2.22. The molecule has 0 aliphatic rings. The van der Waals surface area contributed by atoms with Gasteiger partial charge in [-0.1, -0.05) is 36.4 Å². The summed E-state index contributed by atoms with van der Waals surface area (Å²) in [5, 5.41) is 2.34. The second kappa shape index (κ2) is 7.15. The van der Waals surface area contributed by atoms with E-state index in [0.717, 1.165) is 10.8 Å². The SMILES string of the molecule is O=c1c2cccnc2ncn1Cc1c(F)cc(-c2ccc3ccccc3c2)cc1F. The van der Waals surface area contributed by atoms with Gasteiger partial charge in [-0.15, -0.1) is 0 Å². The quantitative estimate of drug-likeness (QED) is 0.432. The summed E-state index contributed by atoms with van der Waals surface area (Å²) in [6.07, 6.45) is 2.79. The minimum Gasteiger partial charge on any atom is -0.294 e. The van der Waals surface area contributed by atoms with E-state index in [4.69, 9.17) is 0 Å². The van der Waals surface area contributed by atoms with Gasteiger partial charge in [0.15, 0.2) is 5.65 Å². The first-order chi connectivity index (χ1) is 14.6. The molecule has 0 bridgehead atoms. The van der Waals surface area contributed by atoms with Gasteiger partial charge in [0.1, 0.15) is 18.0 Å². The Labute approximate surface area is 170 Å². The molecule has 5 rings (SSSR count). The number of pyridine rings is 1. The molecule has 2 aromatic heterocycles. The Hall–Kier alpha value is -3.93. The number of hydrogen-bond donors (Lipinski definition) is 0. The molecule has 0 radical (unpaired) electrons. The summed E-state index contributed by atoms with van der Waals surface area (Å²) in [5.74, 6) is -1.42. The van der Waals surface area contributed by atoms with E-state index in [2.05, 4.69) is 9.97 Å². The van der Waals surface area contributed by atoms with Gasteiger partial charge in [0.25, 0.3) is 5.56 Å². The van der Waals surface area contributed by atoms with Gasteiger partial charge >= 0.3 is 0 Å². The second-order valence-electron chi connectivity index (χ2n) is 7.03. The minimum atomic E-state index is -0.712. The zero-order valence-corrected chi connectivity index (χ0v) is 15.7. The molecule has 0 saturated carbocycles. The Morgan fingerprint density at radius 2 is 1.57 bits per heavy atom. The Bertz CT molecular complexity index is 1450. The van der Waals surface area contributed by atoms with Crippen LogP contribution in [0.3, 0.4) is 0 Å². The fraction of sp³-hybridized carbons (Fsp3) is 0.0417. The van der Waals surface area contributed by atoms with E-state index in [1.165, 1.54) is 29.2 Å². The van der Waals surface area contributed by atoms with Crippen molar-refractivity contribution in [3.05, 3.63) is 107 Å². The van der Waals surface area contributed by atoms with E-state index in [1.807, 2.05) is 42.5 Å². The van der Waals surface area contributed by atoms with Crippen molar-refractivity contribution in [3.8, 4) is 11.1 Å². The van der Waals surface area contributed by atoms with Gasteiger partial charge in [0.2, 0.25) is 0 Å². The molecular weight excluding hydrogens is 384 g/mol. The summed E-state index contributed by atoms with van der Waals surface area (Å²) < 4.78 is 30.9. The number of rotatable bonds is 3. The molecule has 0 atom stereocenters. The lowest BCUT2D eigenvalue weighted by molar-refractivity contribution is 0.541. The number of nitrogens with zero attached hydrogens (tertiary/aromatic N) is 3. The van der Waals surface area contributed by atoms with E-state index in [1.54, 1.807) is 12.1 Å². The van der Waals surface area contributed by atoms with Crippen LogP contribution in [0.15, 0.2) is 84.0 Å². The standard InChI is InChI=1S/C24H15F2N3O/c25-21-11-18(17-8-7-15-4-1-2-5-16(15)10-17)12-22(26)20(21)13-29-14-28-23-19(24(29)30)6-3-9-27-23/h1-12,14H,13H2. The maximum Gasteiger partial charge on any atom is 0.263 e. The molecule has 146 valence electrons. The Balaban J connectivity index is 1.54. The molecule has 0 fully saturated rings. The summed E-state index contributed by atoms with van der Waals surface area (Å²) in [4.78, 5) is 20.7. The van der Waals surface area contributed by atoms with Crippen LogP contribution in [0.25, 0.3) is 32.9 Å². The molecular formula is C24H15F2N3O. The first kappa shape index (κ1) is 18.1. The van der Waals surface area contributed by atoms with Crippen LogP contribution < -0.4 is 5.56 Å². The van der Waals surface area contributed by atoms with Crippen LogP contribution in [0.1, 0.15) is 5.56 Å². The predicted molar refractivity (Wildman–Crippen MR) is 112 cm³/mol. The van der Waals surface area contributed by atoms with Gasteiger partial charge in [-0.2, -0.15) is 0 Å². The highest BCUT2D eigenvalue weighted by molar-refractivity contribution is 5.87. The Kier molecular flexibility index (Phi) is 4.32. The topological polar surface area (TPSA) is 47.8 Å². The van der Waals surface area contributed by atoms with E-state index >= 15 is 0 Å². The molecule has 6 heteroatoms. The third kappa shape index (κ3) is 3.12. The molecule has 30 heavy (non-hydrogen) atoms. The molecule has 0 N–H and O–H groups in total. The first-order valence-electron chi connectivity index (χ1n) is 9.37.